The van der Waals surface area contributed by atoms with Crippen LogP contribution in [0.4, 0.5) is 5.82 Å². The van der Waals surface area contributed by atoms with E-state index in [-0.39, 0.29) is 0 Å². The molecule has 0 radical (unpaired) electrons. The number of hydrogen-bond donors (Lipinski definition) is 0. The molecule has 90 valence electrons. The van der Waals surface area contributed by atoms with Crippen molar-refractivity contribution in [3.8, 4) is 6.07 Å². The van der Waals surface area contributed by atoms with Gasteiger partial charge in [-0.15, -0.1) is 0 Å². The van der Waals surface area contributed by atoms with Gasteiger partial charge in [-0.25, -0.2) is 4.98 Å². The molecule has 0 bridgehead atoms. The first kappa shape index (κ1) is 12.2. The summed E-state index contributed by atoms with van der Waals surface area (Å²) in [7, 11) is 0. The third kappa shape index (κ3) is 2.89. The Morgan fingerprint density at radius 2 is 1.82 bits per heavy atom. The number of nitrogens with zero attached hydrogens (tertiary/aromatic N) is 3. The van der Waals surface area contributed by atoms with E-state index in [4.69, 9.17) is 16.9 Å². The van der Waals surface area contributed by atoms with E-state index in [1.54, 1.807) is 12.3 Å². The molecule has 1 saturated heterocycles. The number of pyridine rings is 1. The van der Waals surface area contributed by atoms with Crippen molar-refractivity contribution in [2.24, 2.45) is 0 Å². The van der Waals surface area contributed by atoms with Crippen molar-refractivity contribution in [1.29, 1.82) is 5.26 Å². The van der Waals surface area contributed by atoms with Crippen LogP contribution in [0.25, 0.3) is 0 Å². The van der Waals surface area contributed by atoms with Crippen LogP contribution in [0.1, 0.15) is 37.7 Å². The number of aromatic nitrogens is 1. The highest BCUT2D eigenvalue weighted by molar-refractivity contribution is 6.34. The smallest absolute Gasteiger partial charge is 0.148 e. The lowest BCUT2D eigenvalue weighted by molar-refractivity contribution is 0.554. The van der Waals surface area contributed by atoms with Crippen LogP contribution in [0.5, 0.6) is 0 Å². The van der Waals surface area contributed by atoms with Crippen molar-refractivity contribution in [3.63, 3.8) is 0 Å². The lowest BCUT2D eigenvalue weighted by Crippen LogP contribution is -2.28. The maximum absolute atomic E-state index is 8.96. The molecule has 2 heterocycles. The molecule has 0 saturated carbocycles. The van der Waals surface area contributed by atoms with E-state index in [1.165, 1.54) is 32.1 Å². The number of halogens is 1. The summed E-state index contributed by atoms with van der Waals surface area (Å²) in [5.41, 5.74) is 0.513. The summed E-state index contributed by atoms with van der Waals surface area (Å²) >= 11 is 6.21. The Morgan fingerprint density at radius 1 is 1.18 bits per heavy atom. The summed E-state index contributed by atoms with van der Waals surface area (Å²) in [6, 6.07) is 3.77. The second-order valence-electron chi connectivity index (χ2n) is 4.36. The molecular weight excluding hydrogens is 234 g/mol. The van der Waals surface area contributed by atoms with E-state index >= 15 is 0 Å². The standard InChI is InChI=1S/C13H16ClN3/c14-12-11(10-15)6-7-16-13(12)17-8-4-2-1-3-5-9-17/h6-7H,1-5,8-9H2. The van der Waals surface area contributed by atoms with Gasteiger partial charge in [-0.2, -0.15) is 5.26 Å². The van der Waals surface area contributed by atoms with Crippen LogP contribution < -0.4 is 4.90 Å². The van der Waals surface area contributed by atoms with Crippen molar-refractivity contribution in [3.05, 3.63) is 22.8 Å². The minimum atomic E-state index is 0.496. The largest absolute Gasteiger partial charge is 0.355 e. The van der Waals surface area contributed by atoms with Crippen LogP contribution in [0, 0.1) is 11.3 Å². The van der Waals surface area contributed by atoms with Crippen LogP contribution in [-0.4, -0.2) is 18.1 Å². The molecule has 0 atom stereocenters. The Hall–Kier alpha value is -1.27. The van der Waals surface area contributed by atoms with Crippen LogP contribution >= 0.6 is 11.6 Å². The van der Waals surface area contributed by atoms with Gasteiger partial charge < -0.3 is 4.90 Å². The van der Waals surface area contributed by atoms with Gasteiger partial charge in [0.2, 0.25) is 0 Å². The normalized spacial score (nSPS) is 17.1. The van der Waals surface area contributed by atoms with Crippen LogP contribution in [-0.2, 0) is 0 Å². The molecule has 1 aliphatic heterocycles. The first-order valence-electron chi connectivity index (χ1n) is 6.12. The molecular formula is C13H16ClN3. The fraction of sp³-hybridized carbons (Fsp3) is 0.538. The SMILES string of the molecule is N#Cc1ccnc(N2CCCCCCC2)c1Cl. The van der Waals surface area contributed by atoms with Crippen molar-refractivity contribution in [1.82, 2.24) is 4.98 Å². The summed E-state index contributed by atoms with van der Waals surface area (Å²) in [4.78, 5) is 6.54. The quantitative estimate of drug-likeness (QED) is 0.766. The first-order valence-corrected chi connectivity index (χ1v) is 6.50. The van der Waals surface area contributed by atoms with E-state index in [9.17, 15) is 0 Å². The molecule has 4 heteroatoms. The van der Waals surface area contributed by atoms with Gasteiger partial charge in [0.15, 0.2) is 0 Å². The third-order valence-corrected chi connectivity index (χ3v) is 3.52. The molecule has 2 rings (SSSR count). The average molecular weight is 250 g/mol. The molecule has 0 amide bonds. The maximum atomic E-state index is 8.96. The van der Waals surface area contributed by atoms with Gasteiger partial charge in [0.1, 0.15) is 16.9 Å². The third-order valence-electron chi connectivity index (χ3n) is 3.15. The van der Waals surface area contributed by atoms with Crippen LogP contribution in [0.3, 0.4) is 0 Å². The molecule has 0 aliphatic carbocycles. The van der Waals surface area contributed by atoms with Gasteiger partial charge in [0.05, 0.1) is 5.56 Å². The molecule has 1 aromatic heterocycles. The number of anilines is 1. The minimum absolute atomic E-state index is 0.496. The van der Waals surface area contributed by atoms with Gasteiger partial charge >= 0.3 is 0 Å². The second kappa shape index (κ2) is 5.88. The summed E-state index contributed by atoms with van der Waals surface area (Å²) in [6.45, 7) is 1.98. The topological polar surface area (TPSA) is 39.9 Å². The number of hydrogen-bond acceptors (Lipinski definition) is 3. The fourth-order valence-electron chi connectivity index (χ4n) is 2.20. The predicted molar refractivity (Wildman–Crippen MR) is 69.3 cm³/mol. The zero-order chi connectivity index (χ0) is 12.1. The maximum Gasteiger partial charge on any atom is 0.148 e. The lowest BCUT2D eigenvalue weighted by atomic mass is 10.1. The highest BCUT2D eigenvalue weighted by atomic mass is 35.5. The van der Waals surface area contributed by atoms with Crippen molar-refractivity contribution >= 4 is 17.4 Å². The van der Waals surface area contributed by atoms with Gasteiger partial charge in [-0.1, -0.05) is 30.9 Å². The average Bonchev–Trinajstić information content (AvgIpc) is 2.30. The highest BCUT2D eigenvalue weighted by Crippen LogP contribution is 2.27. The number of nitriles is 1. The van der Waals surface area contributed by atoms with Crippen molar-refractivity contribution in [2.75, 3.05) is 18.0 Å². The molecule has 1 aliphatic rings. The Bertz CT molecular complexity index is 417. The van der Waals surface area contributed by atoms with E-state index < -0.39 is 0 Å². The fourth-order valence-corrected chi connectivity index (χ4v) is 2.47. The van der Waals surface area contributed by atoms with Gasteiger partial charge in [0, 0.05) is 19.3 Å². The van der Waals surface area contributed by atoms with E-state index in [1.807, 2.05) is 0 Å². The zero-order valence-corrected chi connectivity index (χ0v) is 10.6. The van der Waals surface area contributed by atoms with E-state index in [0.717, 1.165) is 18.9 Å². The van der Waals surface area contributed by atoms with Crippen LogP contribution in [0.2, 0.25) is 5.02 Å². The molecule has 0 unspecified atom stereocenters. The van der Waals surface area contributed by atoms with Crippen molar-refractivity contribution in [2.45, 2.75) is 32.1 Å². The zero-order valence-electron chi connectivity index (χ0n) is 9.82. The molecule has 0 aromatic carbocycles. The van der Waals surface area contributed by atoms with Crippen LogP contribution in [0.15, 0.2) is 12.3 Å². The Balaban J connectivity index is 2.22. The number of rotatable bonds is 1. The van der Waals surface area contributed by atoms with Gasteiger partial charge in [0.25, 0.3) is 0 Å². The molecule has 3 nitrogen and oxygen atoms in total. The first-order chi connectivity index (χ1) is 8.33. The molecule has 1 fully saturated rings. The second-order valence-corrected chi connectivity index (χ2v) is 4.74. The summed E-state index contributed by atoms with van der Waals surface area (Å²) in [5.74, 6) is 0.771. The minimum Gasteiger partial charge on any atom is -0.355 e. The summed E-state index contributed by atoms with van der Waals surface area (Å²) < 4.78 is 0. The Kier molecular flexibility index (Phi) is 4.22. The highest BCUT2D eigenvalue weighted by Gasteiger charge is 2.15. The van der Waals surface area contributed by atoms with Gasteiger partial charge in [-0.3, -0.25) is 0 Å². The Labute approximate surface area is 107 Å². The molecule has 0 spiro atoms. The molecule has 1 aromatic rings. The lowest BCUT2D eigenvalue weighted by Gasteiger charge is -2.26. The molecule has 0 N–H and O–H groups in total. The van der Waals surface area contributed by atoms with E-state index in [2.05, 4.69) is 16.0 Å². The molecule has 17 heavy (non-hydrogen) atoms. The predicted octanol–water partition coefficient (Wildman–Crippen LogP) is 3.38. The van der Waals surface area contributed by atoms with Crippen molar-refractivity contribution < 1.29 is 0 Å². The summed E-state index contributed by atoms with van der Waals surface area (Å²) in [5, 5.41) is 9.46. The Morgan fingerprint density at radius 3 is 2.47 bits per heavy atom. The monoisotopic (exact) mass is 249 g/mol. The van der Waals surface area contributed by atoms with E-state index in [0.29, 0.717) is 10.6 Å². The van der Waals surface area contributed by atoms with Gasteiger partial charge in [-0.05, 0) is 18.9 Å². The summed E-state index contributed by atoms with van der Waals surface area (Å²) in [6.07, 6.45) is 7.88.